The van der Waals surface area contributed by atoms with Gasteiger partial charge in [-0.2, -0.15) is 13.2 Å². The number of nitrogens with zero attached hydrogens (tertiary/aromatic N) is 3. The first-order chi connectivity index (χ1) is 11.3. The van der Waals surface area contributed by atoms with Gasteiger partial charge in [0.2, 0.25) is 5.88 Å². The van der Waals surface area contributed by atoms with Crippen LogP contribution < -0.4 is 0 Å². The Morgan fingerprint density at radius 3 is 2.67 bits per heavy atom. The number of pyridine rings is 1. The number of aromatic hydroxyl groups is 1. The SMILES string of the molecule is Cc1cccc2c(N=Nc3ncc(C(F)(F)F)cc3Cl)c(O)[nH]c12. The van der Waals surface area contributed by atoms with Gasteiger partial charge in [-0.05, 0) is 18.6 Å². The van der Waals surface area contributed by atoms with Crippen LogP contribution in [0.4, 0.5) is 24.7 Å². The molecule has 9 heteroatoms. The second-order valence-corrected chi connectivity index (χ2v) is 5.45. The van der Waals surface area contributed by atoms with Gasteiger partial charge < -0.3 is 10.1 Å². The van der Waals surface area contributed by atoms with Crippen molar-refractivity contribution in [3.8, 4) is 5.88 Å². The maximum absolute atomic E-state index is 12.6. The van der Waals surface area contributed by atoms with E-state index < -0.39 is 11.7 Å². The van der Waals surface area contributed by atoms with Gasteiger partial charge in [-0.25, -0.2) is 4.98 Å². The molecule has 2 heterocycles. The predicted molar refractivity (Wildman–Crippen MR) is 83.1 cm³/mol. The Bertz CT molecular complexity index is 950. The maximum Gasteiger partial charge on any atom is 0.417 e. The molecule has 0 amide bonds. The minimum atomic E-state index is -4.54. The highest BCUT2D eigenvalue weighted by Crippen LogP contribution is 2.38. The van der Waals surface area contributed by atoms with Crippen LogP contribution in [-0.2, 0) is 6.18 Å². The van der Waals surface area contributed by atoms with Gasteiger partial charge >= 0.3 is 6.18 Å². The number of hydrogen-bond acceptors (Lipinski definition) is 4. The quantitative estimate of drug-likeness (QED) is 0.582. The minimum Gasteiger partial charge on any atom is -0.493 e. The van der Waals surface area contributed by atoms with E-state index in [4.69, 9.17) is 11.6 Å². The number of H-pyrrole nitrogens is 1. The van der Waals surface area contributed by atoms with E-state index in [1.54, 1.807) is 12.1 Å². The standard InChI is InChI=1S/C15H10ClF3N4O/c1-7-3-2-4-9-11(7)21-14(24)12(9)22-23-13-10(16)5-8(6-20-13)15(17,18)19/h2-6,21,24H,1H3. The van der Waals surface area contributed by atoms with Gasteiger partial charge in [-0.15, -0.1) is 10.2 Å². The Morgan fingerprint density at radius 1 is 1.25 bits per heavy atom. The van der Waals surface area contributed by atoms with Crippen molar-refractivity contribution < 1.29 is 18.3 Å². The number of rotatable bonds is 2. The second kappa shape index (κ2) is 5.79. The van der Waals surface area contributed by atoms with Crippen molar-refractivity contribution in [1.29, 1.82) is 0 Å². The molecule has 0 saturated heterocycles. The Hall–Kier alpha value is -2.61. The van der Waals surface area contributed by atoms with Crippen LogP contribution in [0.3, 0.4) is 0 Å². The van der Waals surface area contributed by atoms with Crippen LogP contribution in [-0.4, -0.2) is 15.1 Å². The van der Waals surface area contributed by atoms with Crippen LogP contribution in [0.15, 0.2) is 40.7 Å². The van der Waals surface area contributed by atoms with Crippen LogP contribution >= 0.6 is 11.6 Å². The van der Waals surface area contributed by atoms with Crippen LogP contribution in [0.1, 0.15) is 11.1 Å². The van der Waals surface area contributed by atoms with Crippen LogP contribution in [0, 0.1) is 6.92 Å². The predicted octanol–water partition coefficient (Wildman–Crippen LogP) is 5.66. The number of para-hydroxylation sites is 1. The van der Waals surface area contributed by atoms with E-state index >= 15 is 0 Å². The Morgan fingerprint density at radius 2 is 2.00 bits per heavy atom. The number of nitrogens with one attached hydrogen (secondary N) is 1. The van der Waals surface area contributed by atoms with Gasteiger partial charge in [-0.1, -0.05) is 29.8 Å². The first-order valence-corrected chi connectivity index (χ1v) is 7.10. The van der Waals surface area contributed by atoms with Crippen molar-refractivity contribution in [3.63, 3.8) is 0 Å². The van der Waals surface area contributed by atoms with E-state index in [9.17, 15) is 18.3 Å². The molecule has 2 N–H and O–H groups in total. The number of fused-ring (bicyclic) bond motifs is 1. The fraction of sp³-hybridized carbons (Fsp3) is 0.133. The maximum atomic E-state index is 12.6. The average molecular weight is 355 g/mol. The number of aromatic nitrogens is 2. The lowest BCUT2D eigenvalue weighted by Gasteiger charge is -2.06. The van der Waals surface area contributed by atoms with Crippen LogP contribution in [0.5, 0.6) is 5.88 Å². The summed E-state index contributed by atoms with van der Waals surface area (Å²) in [5, 5.41) is 17.9. The lowest BCUT2D eigenvalue weighted by molar-refractivity contribution is -0.137. The number of aromatic amines is 1. The van der Waals surface area contributed by atoms with Crippen molar-refractivity contribution in [3.05, 3.63) is 46.6 Å². The zero-order valence-corrected chi connectivity index (χ0v) is 12.9. The van der Waals surface area contributed by atoms with Gasteiger partial charge in [0.25, 0.3) is 0 Å². The van der Waals surface area contributed by atoms with E-state index in [0.717, 1.165) is 11.6 Å². The molecular weight excluding hydrogens is 345 g/mol. The van der Waals surface area contributed by atoms with E-state index in [2.05, 4.69) is 20.2 Å². The topological polar surface area (TPSA) is 73.6 Å². The summed E-state index contributed by atoms with van der Waals surface area (Å²) in [5.41, 5.74) is 0.772. The molecule has 0 fully saturated rings. The third-order valence-corrected chi connectivity index (χ3v) is 3.67. The lowest BCUT2D eigenvalue weighted by atomic mass is 10.1. The summed E-state index contributed by atoms with van der Waals surface area (Å²) in [6, 6.07) is 6.09. The number of benzene rings is 1. The molecule has 5 nitrogen and oxygen atoms in total. The Balaban J connectivity index is 2.00. The summed E-state index contributed by atoms with van der Waals surface area (Å²) < 4.78 is 37.8. The molecule has 3 rings (SSSR count). The molecule has 0 saturated carbocycles. The van der Waals surface area contributed by atoms with Crippen molar-refractivity contribution >= 4 is 34.0 Å². The lowest BCUT2D eigenvalue weighted by Crippen LogP contribution is -2.05. The molecule has 3 aromatic rings. The van der Waals surface area contributed by atoms with Gasteiger partial charge in [0.1, 0.15) is 0 Å². The van der Waals surface area contributed by atoms with E-state index in [0.29, 0.717) is 17.1 Å². The molecule has 0 unspecified atom stereocenters. The average Bonchev–Trinajstić information content (AvgIpc) is 2.82. The van der Waals surface area contributed by atoms with E-state index in [-0.39, 0.29) is 22.4 Å². The van der Waals surface area contributed by atoms with E-state index in [1.165, 1.54) is 0 Å². The summed E-state index contributed by atoms with van der Waals surface area (Å²) in [7, 11) is 0. The molecule has 124 valence electrons. The molecule has 0 aliphatic heterocycles. The highest BCUT2D eigenvalue weighted by Gasteiger charge is 2.31. The first kappa shape index (κ1) is 16.3. The summed E-state index contributed by atoms with van der Waals surface area (Å²) in [5.74, 6) is -0.378. The molecule has 0 atom stereocenters. The molecule has 0 bridgehead atoms. The molecular formula is C15H10ClF3N4O. The monoisotopic (exact) mass is 354 g/mol. The molecule has 0 spiro atoms. The van der Waals surface area contributed by atoms with Gasteiger partial charge in [0.05, 0.1) is 16.1 Å². The number of alkyl halides is 3. The third kappa shape index (κ3) is 2.92. The normalized spacial score (nSPS) is 12.4. The summed E-state index contributed by atoms with van der Waals surface area (Å²) in [6.07, 6.45) is -3.92. The minimum absolute atomic E-state index is 0.159. The Kier molecular flexibility index (Phi) is 3.92. The smallest absolute Gasteiger partial charge is 0.417 e. The fourth-order valence-corrected chi connectivity index (χ4v) is 2.40. The Labute approximate surface area is 138 Å². The molecule has 0 radical (unpaired) electrons. The van der Waals surface area contributed by atoms with E-state index in [1.807, 2.05) is 13.0 Å². The van der Waals surface area contributed by atoms with Crippen molar-refractivity contribution in [1.82, 2.24) is 9.97 Å². The number of hydrogen-bond donors (Lipinski definition) is 2. The van der Waals surface area contributed by atoms with Crippen LogP contribution in [0.25, 0.3) is 10.9 Å². The summed E-state index contributed by atoms with van der Waals surface area (Å²) >= 11 is 5.77. The summed E-state index contributed by atoms with van der Waals surface area (Å²) in [4.78, 5) is 6.34. The summed E-state index contributed by atoms with van der Waals surface area (Å²) in [6.45, 7) is 1.85. The molecule has 0 aliphatic carbocycles. The molecule has 24 heavy (non-hydrogen) atoms. The van der Waals surface area contributed by atoms with Crippen molar-refractivity contribution in [2.45, 2.75) is 13.1 Å². The van der Waals surface area contributed by atoms with Crippen molar-refractivity contribution in [2.24, 2.45) is 10.2 Å². The van der Waals surface area contributed by atoms with Gasteiger partial charge in [-0.3, -0.25) is 0 Å². The number of halogens is 4. The number of aryl methyl sites for hydroxylation is 1. The molecule has 0 aliphatic rings. The second-order valence-electron chi connectivity index (χ2n) is 5.05. The zero-order chi connectivity index (χ0) is 17.5. The first-order valence-electron chi connectivity index (χ1n) is 6.72. The van der Waals surface area contributed by atoms with Crippen LogP contribution in [0.2, 0.25) is 5.02 Å². The number of azo groups is 1. The highest BCUT2D eigenvalue weighted by atomic mass is 35.5. The third-order valence-electron chi connectivity index (χ3n) is 3.39. The van der Waals surface area contributed by atoms with Crippen molar-refractivity contribution in [2.75, 3.05) is 0 Å². The molecule has 1 aromatic carbocycles. The van der Waals surface area contributed by atoms with Gasteiger partial charge in [0, 0.05) is 11.6 Å². The highest BCUT2D eigenvalue weighted by molar-refractivity contribution is 6.32. The largest absolute Gasteiger partial charge is 0.493 e. The fourth-order valence-electron chi connectivity index (χ4n) is 2.19. The van der Waals surface area contributed by atoms with Gasteiger partial charge in [0.15, 0.2) is 11.5 Å². The molecule has 2 aromatic heterocycles. The zero-order valence-electron chi connectivity index (χ0n) is 12.2.